The van der Waals surface area contributed by atoms with Crippen LogP contribution in [0.25, 0.3) is 0 Å². The second kappa shape index (κ2) is 6.73. The number of benzene rings is 1. The minimum absolute atomic E-state index is 0.434. The van der Waals surface area contributed by atoms with Crippen LogP contribution in [0.4, 0.5) is 5.69 Å². The summed E-state index contributed by atoms with van der Waals surface area (Å²) in [6, 6.07) is 9.26. The molecule has 0 saturated heterocycles. The third-order valence-corrected chi connectivity index (χ3v) is 5.59. The van der Waals surface area contributed by atoms with Crippen LogP contribution in [0.2, 0.25) is 4.34 Å². The van der Waals surface area contributed by atoms with E-state index in [-0.39, 0.29) is 0 Å². The van der Waals surface area contributed by atoms with Crippen molar-refractivity contribution in [3.63, 3.8) is 0 Å². The van der Waals surface area contributed by atoms with Gasteiger partial charge in [0.15, 0.2) is 6.67 Å². The van der Waals surface area contributed by atoms with Crippen molar-refractivity contribution < 1.29 is 14.5 Å². The van der Waals surface area contributed by atoms with Gasteiger partial charge in [0.05, 0.1) is 27.0 Å². The van der Waals surface area contributed by atoms with E-state index in [0.29, 0.717) is 17.9 Å². The zero-order valence-corrected chi connectivity index (χ0v) is 15.6. The van der Waals surface area contributed by atoms with Crippen LogP contribution in [0, 0.1) is 0 Å². The number of quaternary nitrogens is 1. The summed E-state index contributed by atoms with van der Waals surface area (Å²) in [6.45, 7) is 4.15. The molecule has 1 amide bonds. The minimum Gasteiger partial charge on any atom is -0.313 e. The number of thiophene rings is 1. The number of hydrogen-bond donors (Lipinski definition) is 1. The third kappa shape index (κ3) is 3.35. The van der Waals surface area contributed by atoms with E-state index in [1.165, 1.54) is 9.78 Å². The van der Waals surface area contributed by atoms with Gasteiger partial charge < -0.3 is 4.90 Å². The van der Waals surface area contributed by atoms with E-state index >= 15 is 0 Å². The van der Waals surface area contributed by atoms with Crippen molar-refractivity contribution in [2.24, 2.45) is 0 Å². The smallest absolute Gasteiger partial charge is 0.303 e. The highest BCUT2D eigenvalue weighted by molar-refractivity contribution is 9.10. The second-order valence-corrected chi connectivity index (χ2v) is 8.08. The molecule has 7 heteroatoms. The number of carbonyl (C=O) groups excluding carboxylic acids is 2. The summed E-state index contributed by atoms with van der Waals surface area (Å²) < 4.78 is 1.56. The predicted molar refractivity (Wildman–Crippen MR) is 95.4 cm³/mol. The lowest BCUT2D eigenvalue weighted by Crippen LogP contribution is -3.12. The van der Waals surface area contributed by atoms with Gasteiger partial charge in [-0.05, 0) is 37.3 Å². The fourth-order valence-electron chi connectivity index (χ4n) is 2.64. The zero-order chi connectivity index (χ0) is 16.6. The molecule has 2 aromatic rings. The molecule has 0 radical (unpaired) electrons. The average Bonchev–Trinajstić information content (AvgIpc) is 3.03. The first-order chi connectivity index (χ1) is 11.0. The molecule has 0 fully saturated rings. The Kier molecular flexibility index (Phi) is 4.87. The van der Waals surface area contributed by atoms with Crippen molar-refractivity contribution in [3.8, 4) is 0 Å². The molecule has 4 nitrogen and oxygen atoms in total. The summed E-state index contributed by atoms with van der Waals surface area (Å²) in [4.78, 5) is 28.4. The fourth-order valence-corrected chi connectivity index (χ4v) is 4.16. The Morgan fingerprint density at radius 3 is 2.70 bits per heavy atom. The van der Waals surface area contributed by atoms with Crippen molar-refractivity contribution in [3.05, 3.63) is 49.6 Å². The summed E-state index contributed by atoms with van der Waals surface area (Å²) >= 11 is 10.9. The molecule has 120 valence electrons. The number of rotatable bonds is 5. The molecule has 1 aliphatic heterocycles. The van der Waals surface area contributed by atoms with Crippen molar-refractivity contribution in [2.45, 2.75) is 13.5 Å². The third-order valence-electron chi connectivity index (χ3n) is 3.87. The summed E-state index contributed by atoms with van der Waals surface area (Å²) in [5.74, 6) is -0.885. The molecule has 1 aliphatic rings. The van der Waals surface area contributed by atoms with Crippen molar-refractivity contribution in [1.29, 1.82) is 0 Å². The van der Waals surface area contributed by atoms with Gasteiger partial charge in [-0.15, -0.1) is 11.3 Å². The van der Waals surface area contributed by atoms with Gasteiger partial charge in [0.2, 0.25) is 0 Å². The molecule has 0 saturated carbocycles. The van der Waals surface area contributed by atoms with Crippen molar-refractivity contribution >= 4 is 56.2 Å². The monoisotopic (exact) mass is 413 g/mol. The van der Waals surface area contributed by atoms with Crippen LogP contribution in [0.3, 0.4) is 0 Å². The summed E-state index contributed by atoms with van der Waals surface area (Å²) in [5.41, 5.74) is 1.16. The van der Waals surface area contributed by atoms with Gasteiger partial charge in [0.1, 0.15) is 6.54 Å². The lowest BCUT2D eigenvalue weighted by molar-refractivity contribution is -0.910. The standard InChI is InChI=1S/C16H14BrClN2O2S/c1-2-19(8-11-4-6-14(18)23-11)9-20-13-5-3-10(17)7-12(13)15(21)16(20)22/h3-7H,2,8-9H2,1H3/p+1. The number of Topliss-reactive ketones (excluding diaryl/α,β-unsaturated/α-hetero) is 1. The van der Waals surface area contributed by atoms with E-state index in [1.54, 1.807) is 22.3 Å². The number of nitrogens with zero attached hydrogens (tertiary/aromatic N) is 1. The van der Waals surface area contributed by atoms with Crippen LogP contribution in [-0.4, -0.2) is 24.9 Å². The number of anilines is 1. The number of amides is 1. The SMILES string of the molecule is CC[NH+](Cc1ccc(Cl)s1)CN1C(=O)C(=O)c2cc(Br)ccc21. The van der Waals surface area contributed by atoms with Gasteiger partial charge in [0, 0.05) is 4.47 Å². The van der Waals surface area contributed by atoms with Crippen LogP contribution in [-0.2, 0) is 11.3 Å². The Morgan fingerprint density at radius 1 is 1.26 bits per heavy atom. The second-order valence-electron chi connectivity index (χ2n) is 5.37. The van der Waals surface area contributed by atoms with E-state index in [2.05, 4.69) is 22.9 Å². The van der Waals surface area contributed by atoms with E-state index in [0.717, 1.165) is 21.9 Å². The number of fused-ring (bicyclic) bond motifs is 1. The van der Waals surface area contributed by atoms with Gasteiger partial charge in [-0.2, -0.15) is 0 Å². The molecule has 1 N–H and O–H groups in total. The van der Waals surface area contributed by atoms with E-state index in [4.69, 9.17) is 11.6 Å². The van der Waals surface area contributed by atoms with Crippen LogP contribution in [0.5, 0.6) is 0 Å². The van der Waals surface area contributed by atoms with E-state index in [1.807, 2.05) is 24.3 Å². The lowest BCUT2D eigenvalue weighted by Gasteiger charge is -2.23. The molecule has 1 atom stereocenters. The molecular formula is C16H15BrClN2O2S+. The molecule has 1 unspecified atom stereocenters. The molecule has 1 aromatic heterocycles. The first kappa shape index (κ1) is 16.6. The number of halogens is 2. The van der Waals surface area contributed by atoms with Crippen LogP contribution < -0.4 is 9.80 Å². The van der Waals surface area contributed by atoms with Gasteiger partial charge in [-0.25, -0.2) is 0 Å². The predicted octanol–water partition coefficient (Wildman–Crippen LogP) is 2.76. The maximum atomic E-state index is 12.3. The number of nitrogens with one attached hydrogen (secondary N) is 1. The highest BCUT2D eigenvalue weighted by Gasteiger charge is 2.37. The Morgan fingerprint density at radius 2 is 2.04 bits per heavy atom. The Labute approximate surface area is 151 Å². The number of hydrogen-bond acceptors (Lipinski definition) is 3. The zero-order valence-electron chi connectivity index (χ0n) is 12.4. The summed E-state index contributed by atoms with van der Waals surface area (Å²) in [6.07, 6.45) is 0. The maximum Gasteiger partial charge on any atom is 0.303 e. The van der Waals surface area contributed by atoms with Crippen LogP contribution in [0.15, 0.2) is 34.8 Å². The fraction of sp³-hybridized carbons (Fsp3) is 0.250. The molecule has 3 rings (SSSR count). The first-order valence-electron chi connectivity index (χ1n) is 7.23. The van der Waals surface area contributed by atoms with Crippen molar-refractivity contribution in [2.75, 3.05) is 18.1 Å². The molecule has 0 aliphatic carbocycles. The number of carbonyl (C=O) groups is 2. The Balaban J connectivity index is 1.81. The molecule has 0 spiro atoms. The maximum absolute atomic E-state index is 12.3. The quantitative estimate of drug-likeness (QED) is 0.765. The summed E-state index contributed by atoms with van der Waals surface area (Å²) in [7, 11) is 0. The van der Waals surface area contributed by atoms with Gasteiger partial charge in [-0.1, -0.05) is 27.5 Å². The highest BCUT2D eigenvalue weighted by Crippen LogP contribution is 2.30. The molecule has 2 heterocycles. The highest BCUT2D eigenvalue weighted by atomic mass is 79.9. The summed E-state index contributed by atoms with van der Waals surface area (Å²) in [5, 5.41) is 0. The van der Waals surface area contributed by atoms with Crippen LogP contribution >= 0.6 is 38.9 Å². The van der Waals surface area contributed by atoms with Gasteiger partial charge in [0.25, 0.3) is 5.78 Å². The topological polar surface area (TPSA) is 41.8 Å². The average molecular weight is 415 g/mol. The largest absolute Gasteiger partial charge is 0.313 e. The molecule has 23 heavy (non-hydrogen) atoms. The molecule has 0 bridgehead atoms. The molecule has 1 aromatic carbocycles. The number of ketones is 1. The molecular weight excluding hydrogens is 400 g/mol. The van der Waals surface area contributed by atoms with Gasteiger partial charge in [-0.3, -0.25) is 14.5 Å². The Bertz CT molecular complexity index is 777. The lowest BCUT2D eigenvalue weighted by atomic mass is 10.1. The van der Waals surface area contributed by atoms with Crippen molar-refractivity contribution in [1.82, 2.24) is 0 Å². The first-order valence-corrected chi connectivity index (χ1v) is 9.22. The van der Waals surface area contributed by atoms with Gasteiger partial charge >= 0.3 is 5.91 Å². The van der Waals surface area contributed by atoms with E-state index in [9.17, 15) is 9.59 Å². The van der Waals surface area contributed by atoms with Crippen LogP contribution in [0.1, 0.15) is 22.2 Å². The normalized spacial score (nSPS) is 15.2. The van der Waals surface area contributed by atoms with E-state index < -0.39 is 11.7 Å². The minimum atomic E-state index is -0.451. The Hall–Kier alpha value is -1.21.